The molecule has 1 aromatic rings. The van der Waals surface area contributed by atoms with Crippen molar-refractivity contribution in [3.8, 4) is 0 Å². The molecule has 0 atom stereocenters. The highest BCUT2D eigenvalue weighted by Crippen LogP contribution is 2.21. The molecule has 0 radical (unpaired) electrons. The summed E-state index contributed by atoms with van der Waals surface area (Å²) in [4.78, 5) is 34.1. The van der Waals surface area contributed by atoms with E-state index in [2.05, 4.69) is 0 Å². The molecule has 0 fully saturated rings. The normalized spacial score (nSPS) is 13.4. The Hall–Kier alpha value is -2.23. The van der Waals surface area contributed by atoms with Crippen LogP contribution in [0.3, 0.4) is 0 Å². The zero-order chi connectivity index (χ0) is 13.1. The average molecular weight is 244 g/mol. The van der Waals surface area contributed by atoms with Crippen molar-refractivity contribution in [2.45, 2.75) is 13.3 Å². The number of hydrogen-bond donors (Lipinski definition) is 0. The van der Waals surface area contributed by atoms with E-state index in [9.17, 15) is 14.4 Å². The van der Waals surface area contributed by atoms with Gasteiger partial charge in [0.15, 0.2) is 11.6 Å². The topological polar surface area (TPSA) is 60.4 Å². The third-order valence-corrected chi connectivity index (χ3v) is 2.73. The molecule has 0 saturated carbocycles. The Morgan fingerprint density at radius 1 is 1.17 bits per heavy atom. The molecule has 1 aliphatic carbocycles. The first-order valence-electron chi connectivity index (χ1n) is 5.61. The van der Waals surface area contributed by atoms with E-state index >= 15 is 0 Å². The molecule has 0 unspecified atom stereocenters. The first-order valence-corrected chi connectivity index (χ1v) is 5.61. The van der Waals surface area contributed by atoms with Crippen molar-refractivity contribution < 1.29 is 19.1 Å². The molecule has 0 aromatic heterocycles. The smallest absolute Gasteiger partial charge is 0.302 e. The SMILES string of the molecule is CC(=O)OCCc1cccc2c1C(=O)C=CC2=O. The summed E-state index contributed by atoms with van der Waals surface area (Å²) in [6.07, 6.45) is 2.98. The Morgan fingerprint density at radius 3 is 2.61 bits per heavy atom. The van der Waals surface area contributed by atoms with Crippen LogP contribution in [-0.2, 0) is 16.0 Å². The number of esters is 1. The summed E-state index contributed by atoms with van der Waals surface area (Å²) >= 11 is 0. The number of hydrogen-bond acceptors (Lipinski definition) is 4. The van der Waals surface area contributed by atoms with Crippen LogP contribution >= 0.6 is 0 Å². The number of fused-ring (bicyclic) bond motifs is 1. The summed E-state index contributed by atoms with van der Waals surface area (Å²) in [5.41, 5.74) is 1.58. The van der Waals surface area contributed by atoms with Gasteiger partial charge in [0.2, 0.25) is 0 Å². The van der Waals surface area contributed by atoms with E-state index in [4.69, 9.17) is 4.74 Å². The Balaban J connectivity index is 2.28. The van der Waals surface area contributed by atoms with Crippen LogP contribution in [0.4, 0.5) is 0 Å². The summed E-state index contributed by atoms with van der Waals surface area (Å²) in [6.45, 7) is 1.54. The lowest BCUT2D eigenvalue weighted by atomic mass is 9.89. The van der Waals surface area contributed by atoms with Crippen molar-refractivity contribution in [2.75, 3.05) is 6.61 Å². The quantitative estimate of drug-likeness (QED) is 0.760. The maximum Gasteiger partial charge on any atom is 0.302 e. The number of ether oxygens (including phenoxy) is 1. The number of allylic oxidation sites excluding steroid dienone is 2. The highest BCUT2D eigenvalue weighted by molar-refractivity contribution is 6.22. The van der Waals surface area contributed by atoms with Crippen LogP contribution in [0.15, 0.2) is 30.4 Å². The molecule has 0 spiro atoms. The maximum atomic E-state index is 11.8. The van der Waals surface area contributed by atoms with Crippen LogP contribution in [0.1, 0.15) is 33.2 Å². The average Bonchev–Trinajstić information content (AvgIpc) is 2.33. The van der Waals surface area contributed by atoms with Crippen molar-refractivity contribution >= 4 is 17.5 Å². The van der Waals surface area contributed by atoms with Gasteiger partial charge in [-0.25, -0.2) is 0 Å². The fourth-order valence-corrected chi connectivity index (χ4v) is 1.93. The van der Waals surface area contributed by atoms with Crippen LogP contribution < -0.4 is 0 Å². The Kier molecular flexibility index (Phi) is 3.37. The lowest BCUT2D eigenvalue weighted by Crippen LogP contribution is -2.15. The van der Waals surface area contributed by atoms with E-state index in [1.165, 1.54) is 19.1 Å². The van der Waals surface area contributed by atoms with E-state index in [1.54, 1.807) is 18.2 Å². The predicted molar refractivity (Wildman–Crippen MR) is 64.6 cm³/mol. The van der Waals surface area contributed by atoms with Gasteiger partial charge in [-0.05, 0) is 17.7 Å². The molecule has 0 saturated heterocycles. The molecule has 4 heteroatoms. The number of carbonyl (C=O) groups is 3. The van der Waals surface area contributed by atoms with E-state index in [0.717, 1.165) is 5.56 Å². The van der Waals surface area contributed by atoms with Gasteiger partial charge in [-0.15, -0.1) is 0 Å². The fourth-order valence-electron chi connectivity index (χ4n) is 1.93. The van der Waals surface area contributed by atoms with Crippen molar-refractivity contribution in [3.63, 3.8) is 0 Å². The van der Waals surface area contributed by atoms with Crippen molar-refractivity contribution in [2.24, 2.45) is 0 Å². The number of carbonyl (C=O) groups excluding carboxylic acids is 3. The van der Waals surface area contributed by atoms with Crippen LogP contribution in [-0.4, -0.2) is 24.1 Å². The second-order valence-electron chi connectivity index (χ2n) is 3.99. The number of ketones is 2. The monoisotopic (exact) mass is 244 g/mol. The van der Waals surface area contributed by atoms with Gasteiger partial charge in [0.25, 0.3) is 0 Å². The van der Waals surface area contributed by atoms with Gasteiger partial charge in [0, 0.05) is 24.5 Å². The van der Waals surface area contributed by atoms with Gasteiger partial charge in [0.1, 0.15) is 0 Å². The molecule has 92 valence electrons. The molecule has 0 aliphatic heterocycles. The maximum absolute atomic E-state index is 11.8. The summed E-state index contributed by atoms with van der Waals surface area (Å²) in [6, 6.07) is 5.13. The molecule has 1 aromatic carbocycles. The molecule has 0 bridgehead atoms. The summed E-state index contributed by atoms with van der Waals surface area (Å²) in [7, 11) is 0. The Morgan fingerprint density at radius 2 is 1.89 bits per heavy atom. The number of benzene rings is 1. The Bertz CT molecular complexity index is 555. The molecule has 2 rings (SSSR count). The molecular weight excluding hydrogens is 232 g/mol. The van der Waals surface area contributed by atoms with E-state index in [-0.39, 0.29) is 24.1 Å². The van der Waals surface area contributed by atoms with Crippen molar-refractivity contribution in [3.05, 3.63) is 47.0 Å². The molecule has 0 amide bonds. The van der Waals surface area contributed by atoms with Gasteiger partial charge >= 0.3 is 5.97 Å². The molecule has 0 N–H and O–H groups in total. The minimum absolute atomic E-state index is 0.168. The van der Waals surface area contributed by atoms with Gasteiger partial charge in [0.05, 0.1) is 6.61 Å². The molecule has 0 heterocycles. The summed E-state index contributed by atoms with van der Waals surface area (Å²) in [5.74, 6) is -0.705. The lowest BCUT2D eigenvalue weighted by Gasteiger charge is -2.13. The van der Waals surface area contributed by atoms with Crippen molar-refractivity contribution in [1.29, 1.82) is 0 Å². The van der Waals surface area contributed by atoms with Crippen LogP contribution in [0.25, 0.3) is 0 Å². The largest absolute Gasteiger partial charge is 0.466 e. The fraction of sp³-hybridized carbons (Fsp3) is 0.214. The first-order chi connectivity index (χ1) is 8.59. The minimum Gasteiger partial charge on any atom is -0.466 e. The zero-order valence-electron chi connectivity index (χ0n) is 9.93. The highest BCUT2D eigenvalue weighted by atomic mass is 16.5. The van der Waals surface area contributed by atoms with Crippen LogP contribution in [0.5, 0.6) is 0 Å². The second-order valence-corrected chi connectivity index (χ2v) is 3.99. The first kappa shape index (κ1) is 12.2. The summed E-state index contributed by atoms with van der Waals surface area (Å²) < 4.78 is 4.85. The predicted octanol–water partition coefficient (Wildman–Crippen LogP) is 1.73. The van der Waals surface area contributed by atoms with E-state index < -0.39 is 0 Å². The van der Waals surface area contributed by atoms with Crippen LogP contribution in [0.2, 0.25) is 0 Å². The highest BCUT2D eigenvalue weighted by Gasteiger charge is 2.21. The summed E-state index contributed by atoms with van der Waals surface area (Å²) in [5, 5.41) is 0. The van der Waals surface area contributed by atoms with Crippen LogP contribution in [0, 0.1) is 0 Å². The second kappa shape index (κ2) is 4.96. The standard InChI is InChI=1S/C14H12O4/c1-9(15)18-8-7-10-3-2-4-11-12(16)5-6-13(17)14(10)11/h2-6H,7-8H2,1H3. The van der Waals surface area contributed by atoms with Gasteiger partial charge in [-0.3, -0.25) is 14.4 Å². The molecule has 4 nitrogen and oxygen atoms in total. The third-order valence-electron chi connectivity index (χ3n) is 2.73. The Labute approximate surface area is 104 Å². The zero-order valence-corrected chi connectivity index (χ0v) is 9.93. The van der Waals surface area contributed by atoms with E-state index in [0.29, 0.717) is 17.5 Å². The molecule has 1 aliphatic rings. The van der Waals surface area contributed by atoms with Gasteiger partial charge < -0.3 is 4.74 Å². The molecule has 18 heavy (non-hydrogen) atoms. The number of rotatable bonds is 3. The van der Waals surface area contributed by atoms with Crippen molar-refractivity contribution in [1.82, 2.24) is 0 Å². The third kappa shape index (κ3) is 2.37. The molecular formula is C14H12O4. The van der Waals surface area contributed by atoms with Gasteiger partial charge in [-0.1, -0.05) is 18.2 Å². The minimum atomic E-state index is -0.359. The van der Waals surface area contributed by atoms with Gasteiger partial charge in [-0.2, -0.15) is 0 Å². The lowest BCUT2D eigenvalue weighted by molar-refractivity contribution is -0.140. The van der Waals surface area contributed by atoms with E-state index in [1.807, 2.05) is 0 Å².